The van der Waals surface area contributed by atoms with Crippen LogP contribution in [-0.2, 0) is 9.84 Å². The molecule has 112 valence electrons. The van der Waals surface area contributed by atoms with E-state index in [1.54, 1.807) is 13.8 Å². The SMILES string of the molecule is CNC(c1ccc(C2CCC2)cc1)C(C)(C)S(C)(=O)=O. The molecule has 0 aromatic heterocycles. The summed E-state index contributed by atoms with van der Waals surface area (Å²) in [5.74, 6) is 0.708. The maximum absolute atomic E-state index is 12.0. The van der Waals surface area contributed by atoms with Crippen LogP contribution in [0, 0.1) is 0 Å². The van der Waals surface area contributed by atoms with Gasteiger partial charge in [-0.15, -0.1) is 0 Å². The molecule has 0 radical (unpaired) electrons. The van der Waals surface area contributed by atoms with Crippen LogP contribution in [0.4, 0.5) is 0 Å². The van der Waals surface area contributed by atoms with E-state index in [9.17, 15) is 8.42 Å². The van der Waals surface area contributed by atoms with Crippen molar-refractivity contribution in [3.05, 3.63) is 35.4 Å². The van der Waals surface area contributed by atoms with Crippen molar-refractivity contribution >= 4 is 9.84 Å². The third kappa shape index (κ3) is 2.77. The second kappa shape index (κ2) is 5.49. The first-order valence-corrected chi connectivity index (χ1v) is 9.13. The Morgan fingerprint density at radius 3 is 2.10 bits per heavy atom. The van der Waals surface area contributed by atoms with E-state index in [0.717, 1.165) is 5.56 Å². The van der Waals surface area contributed by atoms with E-state index in [-0.39, 0.29) is 6.04 Å². The molecular weight excluding hydrogens is 270 g/mol. The summed E-state index contributed by atoms with van der Waals surface area (Å²) >= 11 is 0. The Balaban J connectivity index is 2.28. The fraction of sp³-hybridized carbons (Fsp3) is 0.625. The zero-order chi connectivity index (χ0) is 15.0. The number of rotatable bonds is 5. The predicted octanol–water partition coefficient (Wildman–Crippen LogP) is 3.04. The lowest BCUT2D eigenvalue weighted by molar-refractivity contribution is 0.418. The summed E-state index contributed by atoms with van der Waals surface area (Å²) in [6, 6.07) is 8.25. The molecule has 20 heavy (non-hydrogen) atoms. The van der Waals surface area contributed by atoms with Crippen LogP contribution in [0.1, 0.15) is 56.2 Å². The number of hydrogen-bond acceptors (Lipinski definition) is 3. The quantitative estimate of drug-likeness (QED) is 0.908. The first-order chi connectivity index (χ1) is 9.27. The monoisotopic (exact) mass is 295 g/mol. The normalized spacial score (nSPS) is 18.6. The molecule has 1 fully saturated rings. The number of benzene rings is 1. The van der Waals surface area contributed by atoms with Crippen LogP contribution in [0.15, 0.2) is 24.3 Å². The van der Waals surface area contributed by atoms with Crippen molar-refractivity contribution in [2.24, 2.45) is 0 Å². The smallest absolute Gasteiger partial charge is 0.154 e. The van der Waals surface area contributed by atoms with Gasteiger partial charge in [0.05, 0.1) is 10.8 Å². The molecule has 0 aliphatic heterocycles. The molecule has 1 saturated carbocycles. The topological polar surface area (TPSA) is 46.2 Å². The third-order valence-electron chi connectivity index (χ3n) is 4.79. The van der Waals surface area contributed by atoms with Crippen molar-refractivity contribution in [3.8, 4) is 0 Å². The van der Waals surface area contributed by atoms with Crippen LogP contribution < -0.4 is 5.32 Å². The van der Waals surface area contributed by atoms with Crippen molar-refractivity contribution in [3.63, 3.8) is 0 Å². The summed E-state index contributed by atoms with van der Waals surface area (Å²) in [5, 5.41) is 3.16. The second-order valence-corrected chi connectivity index (χ2v) is 8.99. The van der Waals surface area contributed by atoms with Crippen molar-refractivity contribution in [1.82, 2.24) is 5.32 Å². The Kier molecular flexibility index (Phi) is 4.26. The van der Waals surface area contributed by atoms with Gasteiger partial charge in [-0.1, -0.05) is 30.7 Å². The molecule has 1 aliphatic carbocycles. The largest absolute Gasteiger partial charge is 0.312 e. The predicted molar refractivity (Wildman–Crippen MR) is 83.8 cm³/mol. The minimum absolute atomic E-state index is 0.201. The summed E-state index contributed by atoms with van der Waals surface area (Å²) in [6.07, 6.45) is 5.19. The second-order valence-electron chi connectivity index (χ2n) is 6.39. The summed E-state index contributed by atoms with van der Waals surface area (Å²) in [6.45, 7) is 3.56. The Morgan fingerprint density at radius 1 is 1.20 bits per heavy atom. The van der Waals surface area contributed by atoms with Crippen LogP contribution in [-0.4, -0.2) is 26.5 Å². The van der Waals surface area contributed by atoms with Crippen molar-refractivity contribution in [2.75, 3.05) is 13.3 Å². The van der Waals surface area contributed by atoms with Gasteiger partial charge in [-0.05, 0) is 50.8 Å². The highest BCUT2D eigenvalue weighted by atomic mass is 32.2. The first kappa shape index (κ1) is 15.5. The van der Waals surface area contributed by atoms with Gasteiger partial charge in [0.1, 0.15) is 0 Å². The molecule has 3 nitrogen and oxygen atoms in total. The Labute approximate surface area is 122 Å². The van der Waals surface area contributed by atoms with Crippen LogP contribution in [0.3, 0.4) is 0 Å². The number of sulfone groups is 1. The van der Waals surface area contributed by atoms with E-state index in [0.29, 0.717) is 5.92 Å². The maximum Gasteiger partial charge on any atom is 0.154 e. The summed E-state index contributed by atoms with van der Waals surface area (Å²) in [5.41, 5.74) is 2.41. The molecule has 1 aromatic rings. The van der Waals surface area contributed by atoms with Gasteiger partial charge in [0.15, 0.2) is 9.84 Å². The molecule has 0 saturated heterocycles. The van der Waals surface area contributed by atoms with Gasteiger partial charge in [-0.2, -0.15) is 0 Å². The maximum atomic E-state index is 12.0. The van der Waals surface area contributed by atoms with Crippen LogP contribution in [0.25, 0.3) is 0 Å². The van der Waals surface area contributed by atoms with E-state index >= 15 is 0 Å². The Hall–Kier alpha value is -0.870. The number of nitrogens with one attached hydrogen (secondary N) is 1. The van der Waals surface area contributed by atoms with Gasteiger partial charge in [0, 0.05) is 6.26 Å². The minimum atomic E-state index is -3.14. The fourth-order valence-corrected chi connectivity index (χ4v) is 3.51. The zero-order valence-corrected chi connectivity index (χ0v) is 13.6. The van der Waals surface area contributed by atoms with Gasteiger partial charge in [0.25, 0.3) is 0 Å². The Bertz CT molecular complexity index is 557. The van der Waals surface area contributed by atoms with Crippen molar-refractivity contribution in [1.29, 1.82) is 0 Å². The lowest BCUT2D eigenvalue weighted by atomic mass is 9.79. The summed E-state index contributed by atoms with van der Waals surface area (Å²) in [7, 11) is -1.33. The molecule has 1 aliphatic rings. The van der Waals surface area contributed by atoms with Crippen LogP contribution >= 0.6 is 0 Å². The van der Waals surface area contributed by atoms with Crippen molar-refractivity contribution < 1.29 is 8.42 Å². The highest BCUT2D eigenvalue weighted by molar-refractivity contribution is 7.92. The molecule has 1 aromatic carbocycles. The van der Waals surface area contributed by atoms with Gasteiger partial charge in [-0.25, -0.2) is 8.42 Å². The molecule has 4 heteroatoms. The summed E-state index contributed by atoms with van der Waals surface area (Å²) in [4.78, 5) is 0. The fourth-order valence-electron chi connectivity index (χ4n) is 2.83. The molecule has 0 spiro atoms. The van der Waals surface area contributed by atoms with Gasteiger partial charge in [-0.3, -0.25) is 0 Å². The average Bonchev–Trinajstić information content (AvgIpc) is 2.28. The third-order valence-corrected chi connectivity index (χ3v) is 6.93. The van der Waals surface area contributed by atoms with Crippen LogP contribution in [0.5, 0.6) is 0 Å². The lowest BCUT2D eigenvalue weighted by Gasteiger charge is -2.33. The van der Waals surface area contributed by atoms with Gasteiger partial charge < -0.3 is 5.32 Å². The van der Waals surface area contributed by atoms with E-state index in [1.165, 1.54) is 31.1 Å². The van der Waals surface area contributed by atoms with E-state index < -0.39 is 14.6 Å². The zero-order valence-electron chi connectivity index (χ0n) is 12.8. The minimum Gasteiger partial charge on any atom is -0.312 e. The molecule has 1 unspecified atom stereocenters. The molecule has 1 N–H and O–H groups in total. The molecular formula is C16H25NO2S. The van der Waals surface area contributed by atoms with Gasteiger partial charge in [0.2, 0.25) is 0 Å². The molecule has 2 rings (SSSR count). The first-order valence-electron chi connectivity index (χ1n) is 7.24. The summed E-state index contributed by atoms with van der Waals surface area (Å²) < 4.78 is 23.2. The molecule has 0 amide bonds. The Morgan fingerprint density at radius 2 is 1.75 bits per heavy atom. The average molecular weight is 295 g/mol. The van der Waals surface area contributed by atoms with E-state index in [1.807, 2.05) is 7.05 Å². The standard InChI is InChI=1S/C16H25NO2S/c1-16(2,20(4,18)19)15(17-3)14-10-8-13(9-11-14)12-6-5-7-12/h8-12,15,17H,5-7H2,1-4H3. The van der Waals surface area contributed by atoms with E-state index in [4.69, 9.17) is 0 Å². The van der Waals surface area contributed by atoms with Crippen LogP contribution in [0.2, 0.25) is 0 Å². The molecule has 0 heterocycles. The van der Waals surface area contributed by atoms with Crippen molar-refractivity contribution in [2.45, 2.75) is 49.8 Å². The number of hydrogen-bond donors (Lipinski definition) is 1. The lowest BCUT2D eigenvalue weighted by Crippen LogP contribution is -2.43. The molecule has 1 atom stereocenters. The highest BCUT2D eigenvalue weighted by Crippen LogP contribution is 2.37. The van der Waals surface area contributed by atoms with Gasteiger partial charge >= 0.3 is 0 Å². The highest BCUT2D eigenvalue weighted by Gasteiger charge is 2.39. The molecule has 0 bridgehead atoms. The van der Waals surface area contributed by atoms with E-state index in [2.05, 4.69) is 29.6 Å².